The summed E-state index contributed by atoms with van der Waals surface area (Å²) < 4.78 is 0. The first-order valence-electron chi connectivity index (χ1n) is 5.46. The van der Waals surface area contributed by atoms with Crippen molar-refractivity contribution in [2.24, 2.45) is 0 Å². The molecule has 2 heterocycles. The third-order valence-corrected chi connectivity index (χ3v) is 3.12. The van der Waals surface area contributed by atoms with Crippen LogP contribution >= 0.6 is 0 Å². The second kappa shape index (κ2) is 4.18. The summed E-state index contributed by atoms with van der Waals surface area (Å²) in [5.41, 5.74) is 0. The summed E-state index contributed by atoms with van der Waals surface area (Å²) >= 11 is 0. The average molecular weight is 212 g/mol. The molecule has 5 nitrogen and oxygen atoms in total. The molecule has 15 heavy (non-hydrogen) atoms. The van der Waals surface area contributed by atoms with Gasteiger partial charge in [0, 0.05) is 13.2 Å². The minimum absolute atomic E-state index is 0.0339. The molecule has 0 aromatic rings. The Kier molecular flexibility index (Phi) is 2.90. The van der Waals surface area contributed by atoms with E-state index in [1.807, 2.05) is 0 Å². The molecule has 0 aliphatic carbocycles. The van der Waals surface area contributed by atoms with E-state index in [0.717, 1.165) is 19.3 Å². The molecule has 5 heteroatoms. The van der Waals surface area contributed by atoms with Crippen LogP contribution in [0.15, 0.2) is 0 Å². The van der Waals surface area contributed by atoms with Crippen LogP contribution in [0.25, 0.3) is 0 Å². The highest BCUT2D eigenvalue weighted by atomic mass is 16.3. The van der Waals surface area contributed by atoms with Gasteiger partial charge in [0.15, 0.2) is 0 Å². The Balaban J connectivity index is 2.11. The van der Waals surface area contributed by atoms with Crippen molar-refractivity contribution < 1.29 is 14.7 Å². The Hall–Kier alpha value is -1.10. The van der Waals surface area contributed by atoms with Gasteiger partial charge in [0.25, 0.3) is 0 Å². The number of amides is 2. The Morgan fingerprint density at radius 1 is 1.40 bits per heavy atom. The van der Waals surface area contributed by atoms with E-state index in [1.165, 1.54) is 0 Å². The number of piperazine rings is 1. The molecule has 0 spiro atoms. The molecule has 2 aliphatic heterocycles. The second-order valence-electron chi connectivity index (χ2n) is 4.12. The van der Waals surface area contributed by atoms with E-state index in [2.05, 4.69) is 5.32 Å². The summed E-state index contributed by atoms with van der Waals surface area (Å²) in [5, 5.41) is 11.5. The molecule has 0 aromatic heterocycles. The normalized spacial score (nSPS) is 31.1. The van der Waals surface area contributed by atoms with E-state index in [4.69, 9.17) is 5.11 Å². The number of aliphatic hydroxyl groups excluding tert-OH is 1. The van der Waals surface area contributed by atoms with Gasteiger partial charge in [0.2, 0.25) is 11.8 Å². The van der Waals surface area contributed by atoms with Crippen molar-refractivity contribution in [2.75, 3.05) is 13.2 Å². The third kappa shape index (κ3) is 1.84. The molecule has 2 amide bonds. The maximum Gasteiger partial charge on any atom is 0.245 e. The highest BCUT2D eigenvalue weighted by molar-refractivity contribution is 5.97. The molecule has 0 aromatic carbocycles. The summed E-state index contributed by atoms with van der Waals surface area (Å²) in [7, 11) is 0. The van der Waals surface area contributed by atoms with Crippen molar-refractivity contribution in [2.45, 2.75) is 37.8 Å². The van der Waals surface area contributed by atoms with E-state index in [0.29, 0.717) is 13.0 Å². The highest BCUT2D eigenvalue weighted by Gasteiger charge is 2.40. The minimum Gasteiger partial charge on any atom is -0.396 e. The fraction of sp³-hybridized carbons (Fsp3) is 0.800. The Morgan fingerprint density at radius 2 is 2.20 bits per heavy atom. The predicted molar refractivity (Wildman–Crippen MR) is 53.0 cm³/mol. The molecule has 2 fully saturated rings. The van der Waals surface area contributed by atoms with Crippen LogP contribution in [-0.2, 0) is 9.59 Å². The first-order chi connectivity index (χ1) is 7.24. The molecule has 2 aliphatic rings. The van der Waals surface area contributed by atoms with E-state index in [1.54, 1.807) is 4.90 Å². The zero-order valence-corrected chi connectivity index (χ0v) is 8.61. The van der Waals surface area contributed by atoms with Crippen LogP contribution < -0.4 is 5.32 Å². The van der Waals surface area contributed by atoms with Crippen molar-refractivity contribution in [1.82, 2.24) is 10.2 Å². The van der Waals surface area contributed by atoms with E-state index >= 15 is 0 Å². The van der Waals surface area contributed by atoms with Gasteiger partial charge in [-0.05, 0) is 25.7 Å². The Bertz CT molecular complexity index is 280. The van der Waals surface area contributed by atoms with E-state index in [-0.39, 0.29) is 24.5 Å². The molecule has 0 saturated carbocycles. The maximum atomic E-state index is 11.9. The molecule has 0 bridgehead atoms. The number of rotatable bonds is 2. The molecular weight excluding hydrogens is 196 g/mol. The standard InChI is InChI=1S/C10H16N2O3/c13-6-4-7-10(15)12-5-2-1-3-8(12)9(14)11-7/h7-8,13H,1-6H2,(H,11,14)/t7-,8+/m1/s1. The number of hydrogen-bond donors (Lipinski definition) is 2. The molecule has 0 unspecified atom stereocenters. The molecule has 0 radical (unpaired) electrons. The molecule has 84 valence electrons. The Morgan fingerprint density at radius 3 is 2.93 bits per heavy atom. The maximum absolute atomic E-state index is 11.9. The predicted octanol–water partition coefficient (Wildman–Crippen LogP) is -0.752. The molecular formula is C10H16N2O3. The van der Waals surface area contributed by atoms with Gasteiger partial charge in [0.1, 0.15) is 12.1 Å². The number of piperidine rings is 1. The van der Waals surface area contributed by atoms with Crippen molar-refractivity contribution >= 4 is 11.8 Å². The first kappa shape index (κ1) is 10.4. The molecule has 2 rings (SSSR count). The van der Waals surface area contributed by atoms with E-state index < -0.39 is 6.04 Å². The zero-order chi connectivity index (χ0) is 10.8. The highest BCUT2D eigenvalue weighted by Crippen LogP contribution is 2.22. The van der Waals surface area contributed by atoms with Crippen LogP contribution in [0.3, 0.4) is 0 Å². The van der Waals surface area contributed by atoms with Crippen LogP contribution in [0.1, 0.15) is 25.7 Å². The number of nitrogens with zero attached hydrogens (tertiary/aromatic N) is 1. The number of nitrogens with one attached hydrogen (secondary N) is 1. The first-order valence-corrected chi connectivity index (χ1v) is 5.46. The number of carbonyl (C=O) groups is 2. The lowest BCUT2D eigenvalue weighted by atomic mass is 9.96. The number of fused-ring (bicyclic) bond motifs is 1. The van der Waals surface area contributed by atoms with Crippen molar-refractivity contribution in [1.29, 1.82) is 0 Å². The van der Waals surface area contributed by atoms with Gasteiger partial charge >= 0.3 is 0 Å². The quantitative estimate of drug-likeness (QED) is 0.632. The fourth-order valence-electron chi connectivity index (χ4n) is 2.32. The van der Waals surface area contributed by atoms with Crippen LogP contribution in [-0.4, -0.2) is 47.1 Å². The summed E-state index contributed by atoms with van der Waals surface area (Å²) in [5.74, 6) is -0.0962. The van der Waals surface area contributed by atoms with Crippen LogP contribution in [0, 0.1) is 0 Å². The lowest BCUT2D eigenvalue weighted by Crippen LogP contribution is -2.64. The molecule has 2 atom stereocenters. The van der Waals surface area contributed by atoms with Gasteiger partial charge < -0.3 is 15.3 Å². The van der Waals surface area contributed by atoms with Gasteiger partial charge in [-0.2, -0.15) is 0 Å². The summed E-state index contributed by atoms with van der Waals surface area (Å²) in [4.78, 5) is 25.2. The van der Waals surface area contributed by atoms with Gasteiger partial charge in [0.05, 0.1) is 0 Å². The summed E-state index contributed by atoms with van der Waals surface area (Å²) in [6.45, 7) is 0.605. The average Bonchev–Trinajstić information content (AvgIpc) is 2.26. The van der Waals surface area contributed by atoms with Crippen molar-refractivity contribution in [3.8, 4) is 0 Å². The minimum atomic E-state index is -0.517. The second-order valence-corrected chi connectivity index (χ2v) is 4.12. The largest absolute Gasteiger partial charge is 0.396 e. The van der Waals surface area contributed by atoms with Gasteiger partial charge in [-0.15, -0.1) is 0 Å². The summed E-state index contributed by atoms with van der Waals surface area (Å²) in [6.07, 6.45) is 3.06. The fourth-order valence-corrected chi connectivity index (χ4v) is 2.32. The van der Waals surface area contributed by atoms with Crippen molar-refractivity contribution in [3.63, 3.8) is 0 Å². The van der Waals surface area contributed by atoms with Gasteiger partial charge in [-0.25, -0.2) is 0 Å². The number of hydrogen-bond acceptors (Lipinski definition) is 3. The summed E-state index contributed by atoms with van der Waals surface area (Å²) in [6, 6.07) is -0.780. The van der Waals surface area contributed by atoms with Gasteiger partial charge in [-0.1, -0.05) is 0 Å². The van der Waals surface area contributed by atoms with Crippen molar-refractivity contribution in [3.05, 3.63) is 0 Å². The Labute approximate surface area is 88.4 Å². The number of aliphatic hydroxyl groups is 1. The smallest absolute Gasteiger partial charge is 0.245 e. The van der Waals surface area contributed by atoms with Crippen LogP contribution in [0.2, 0.25) is 0 Å². The lowest BCUT2D eigenvalue weighted by Gasteiger charge is -2.41. The molecule has 2 N–H and O–H groups in total. The SMILES string of the molecule is O=C1N[C@H](CCO)C(=O)N2CCCC[C@@H]12. The third-order valence-electron chi connectivity index (χ3n) is 3.12. The monoisotopic (exact) mass is 212 g/mol. The molecule has 2 saturated heterocycles. The topological polar surface area (TPSA) is 69.6 Å². The number of carbonyl (C=O) groups excluding carboxylic acids is 2. The zero-order valence-electron chi connectivity index (χ0n) is 8.61. The van der Waals surface area contributed by atoms with E-state index in [9.17, 15) is 9.59 Å². The van der Waals surface area contributed by atoms with Crippen LogP contribution in [0.5, 0.6) is 0 Å². The lowest BCUT2D eigenvalue weighted by molar-refractivity contribution is -0.151. The van der Waals surface area contributed by atoms with Gasteiger partial charge in [-0.3, -0.25) is 9.59 Å². The van der Waals surface area contributed by atoms with Crippen LogP contribution in [0.4, 0.5) is 0 Å².